The Bertz CT molecular complexity index is 684. The molecule has 22 heavy (non-hydrogen) atoms. The van der Waals surface area contributed by atoms with Crippen molar-refractivity contribution in [2.24, 2.45) is 0 Å². The van der Waals surface area contributed by atoms with Crippen LogP contribution in [0.15, 0.2) is 17.2 Å². The highest BCUT2D eigenvalue weighted by molar-refractivity contribution is 7.89. The van der Waals surface area contributed by atoms with Gasteiger partial charge < -0.3 is 9.72 Å². The summed E-state index contributed by atoms with van der Waals surface area (Å²) in [4.78, 5) is 16.5. The van der Waals surface area contributed by atoms with Crippen LogP contribution in [-0.4, -0.2) is 67.9 Å². The molecule has 2 saturated heterocycles. The smallest absolute Gasteiger partial charge is 0.354 e. The number of rotatable bonds is 3. The molecule has 0 bridgehead atoms. The zero-order chi connectivity index (χ0) is 16.0. The van der Waals surface area contributed by atoms with E-state index in [0.717, 1.165) is 25.8 Å². The molecular formula is C14H21N3O4S. The van der Waals surface area contributed by atoms with Gasteiger partial charge in [-0.2, -0.15) is 4.31 Å². The van der Waals surface area contributed by atoms with Gasteiger partial charge in [0, 0.05) is 24.8 Å². The van der Waals surface area contributed by atoms with E-state index in [1.165, 1.54) is 23.7 Å². The van der Waals surface area contributed by atoms with Crippen molar-refractivity contribution < 1.29 is 17.9 Å². The van der Waals surface area contributed by atoms with Gasteiger partial charge >= 0.3 is 5.97 Å². The minimum Gasteiger partial charge on any atom is -0.464 e. The number of carbonyl (C=O) groups is 1. The first kappa shape index (κ1) is 15.5. The minimum absolute atomic E-state index is 0.0193. The third kappa shape index (κ3) is 2.35. The van der Waals surface area contributed by atoms with E-state index in [4.69, 9.17) is 0 Å². The second-order valence-electron chi connectivity index (χ2n) is 6.08. The van der Waals surface area contributed by atoms with Gasteiger partial charge in [-0.1, -0.05) is 0 Å². The maximum absolute atomic E-state index is 12.7. The summed E-state index contributed by atoms with van der Waals surface area (Å²) in [5.41, 5.74) is 0.127. The molecule has 0 saturated carbocycles. The lowest BCUT2D eigenvalue weighted by Gasteiger charge is -2.31. The fourth-order valence-electron chi connectivity index (χ4n) is 3.51. The van der Waals surface area contributed by atoms with Gasteiger partial charge in [-0.15, -0.1) is 0 Å². The van der Waals surface area contributed by atoms with E-state index in [1.54, 1.807) is 0 Å². The van der Waals surface area contributed by atoms with Crippen LogP contribution in [-0.2, 0) is 14.8 Å². The maximum atomic E-state index is 12.7. The Morgan fingerprint density at radius 2 is 2.14 bits per heavy atom. The molecule has 0 aromatic carbocycles. The number of H-pyrrole nitrogens is 1. The molecule has 0 aliphatic carbocycles. The van der Waals surface area contributed by atoms with E-state index in [0.29, 0.717) is 13.1 Å². The molecule has 3 rings (SSSR count). The van der Waals surface area contributed by atoms with Gasteiger partial charge in [-0.25, -0.2) is 13.2 Å². The van der Waals surface area contributed by atoms with Crippen LogP contribution in [0, 0.1) is 0 Å². The molecule has 1 atom stereocenters. The summed E-state index contributed by atoms with van der Waals surface area (Å²) in [7, 11) is -0.253. The van der Waals surface area contributed by atoms with Crippen LogP contribution in [0.3, 0.4) is 0 Å². The first-order valence-electron chi connectivity index (χ1n) is 7.37. The zero-order valence-corrected chi connectivity index (χ0v) is 13.6. The number of ether oxygens (including phenoxy) is 1. The Balaban J connectivity index is 1.82. The Labute approximate surface area is 130 Å². The van der Waals surface area contributed by atoms with Crippen molar-refractivity contribution in [2.45, 2.75) is 29.7 Å². The van der Waals surface area contributed by atoms with Gasteiger partial charge in [0.2, 0.25) is 10.0 Å². The molecule has 1 aromatic rings. The largest absolute Gasteiger partial charge is 0.464 e. The van der Waals surface area contributed by atoms with Crippen molar-refractivity contribution in [1.29, 1.82) is 0 Å². The second kappa shape index (κ2) is 5.36. The number of carbonyl (C=O) groups excluding carboxylic acids is 1. The highest BCUT2D eigenvalue weighted by Crippen LogP contribution is 2.38. The maximum Gasteiger partial charge on any atom is 0.354 e. The molecule has 2 aliphatic heterocycles. The van der Waals surface area contributed by atoms with Crippen LogP contribution in [0.2, 0.25) is 0 Å². The molecule has 0 radical (unpaired) electrons. The minimum atomic E-state index is -3.58. The van der Waals surface area contributed by atoms with E-state index < -0.39 is 16.0 Å². The van der Waals surface area contributed by atoms with E-state index in [9.17, 15) is 13.2 Å². The van der Waals surface area contributed by atoms with Crippen molar-refractivity contribution >= 4 is 16.0 Å². The van der Waals surface area contributed by atoms with Crippen LogP contribution < -0.4 is 0 Å². The number of hydrogen-bond acceptors (Lipinski definition) is 5. The highest BCUT2D eigenvalue weighted by Gasteiger charge is 2.47. The van der Waals surface area contributed by atoms with Crippen LogP contribution in [0.5, 0.6) is 0 Å². The quantitative estimate of drug-likeness (QED) is 0.825. The molecule has 8 heteroatoms. The fourth-order valence-corrected chi connectivity index (χ4v) is 5.03. The standard InChI is InChI=1S/C14H21N3O4S/c1-16-6-3-4-14(16)5-7-17(10-14)22(19,20)11-8-12(15-9-11)13(18)21-2/h8-9,15H,3-7,10H2,1-2H3. The van der Waals surface area contributed by atoms with Gasteiger partial charge in [-0.05, 0) is 38.9 Å². The Morgan fingerprint density at radius 3 is 2.77 bits per heavy atom. The predicted molar refractivity (Wildman–Crippen MR) is 80.1 cm³/mol. The monoisotopic (exact) mass is 327 g/mol. The summed E-state index contributed by atoms with van der Waals surface area (Å²) >= 11 is 0. The number of nitrogens with zero attached hydrogens (tertiary/aromatic N) is 2. The molecule has 1 aromatic heterocycles. The Morgan fingerprint density at radius 1 is 1.36 bits per heavy atom. The molecule has 2 aliphatic rings. The van der Waals surface area contributed by atoms with Gasteiger partial charge in [0.05, 0.1) is 7.11 Å². The van der Waals surface area contributed by atoms with E-state index in [1.807, 2.05) is 0 Å². The predicted octanol–water partition coefficient (Wildman–Crippen LogP) is 0.660. The van der Waals surface area contributed by atoms with Crippen molar-refractivity contribution in [3.05, 3.63) is 18.0 Å². The number of sulfonamides is 1. The summed E-state index contributed by atoms with van der Waals surface area (Å²) < 4.78 is 31.6. The molecule has 1 unspecified atom stereocenters. The van der Waals surface area contributed by atoms with Crippen molar-refractivity contribution in [3.63, 3.8) is 0 Å². The average molecular weight is 327 g/mol. The lowest BCUT2D eigenvalue weighted by atomic mass is 9.96. The third-order valence-corrected chi connectivity index (χ3v) is 6.77. The molecule has 1 N–H and O–H groups in total. The zero-order valence-electron chi connectivity index (χ0n) is 12.8. The summed E-state index contributed by atoms with van der Waals surface area (Å²) in [6.45, 7) is 2.06. The SMILES string of the molecule is COC(=O)c1cc(S(=O)(=O)N2CCC3(CCCN3C)C2)c[nH]1. The van der Waals surface area contributed by atoms with Crippen LogP contribution >= 0.6 is 0 Å². The number of likely N-dealkylation sites (tertiary alicyclic amines) is 1. The molecule has 2 fully saturated rings. The lowest BCUT2D eigenvalue weighted by molar-refractivity contribution is 0.0594. The van der Waals surface area contributed by atoms with Crippen LogP contribution in [0.1, 0.15) is 29.8 Å². The van der Waals surface area contributed by atoms with Gasteiger partial charge in [-0.3, -0.25) is 4.90 Å². The summed E-state index contributed by atoms with van der Waals surface area (Å²) in [5.74, 6) is -0.574. The van der Waals surface area contributed by atoms with E-state index in [-0.39, 0.29) is 16.1 Å². The van der Waals surface area contributed by atoms with Gasteiger partial charge in [0.1, 0.15) is 10.6 Å². The van der Waals surface area contributed by atoms with E-state index >= 15 is 0 Å². The number of hydrogen-bond donors (Lipinski definition) is 1. The number of aromatic nitrogens is 1. The highest BCUT2D eigenvalue weighted by atomic mass is 32.2. The third-order valence-electron chi connectivity index (χ3n) is 4.94. The van der Waals surface area contributed by atoms with Crippen molar-refractivity contribution in [1.82, 2.24) is 14.2 Å². The number of likely N-dealkylation sites (N-methyl/N-ethyl adjacent to an activating group) is 1. The Kier molecular flexibility index (Phi) is 3.78. The van der Waals surface area contributed by atoms with Crippen molar-refractivity contribution in [2.75, 3.05) is 33.8 Å². The van der Waals surface area contributed by atoms with Gasteiger partial charge in [0.15, 0.2) is 0 Å². The Hall–Kier alpha value is -1.38. The summed E-state index contributed by atoms with van der Waals surface area (Å²) in [5, 5.41) is 0. The molecule has 1 spiro atoms. The van der Waals surface area contributed by atoms with Gasteiger partial charge in [0.25, 0.3) is 0 Å². The summed E-state index contributed by atoms with van der Waals surface area (Å²) in [6.07, 6.45) is 4.36. The molecular weight excluding hydrogens is 306 g/mol. The van der Waals surface area contributed by atoms with E-state index in [2.05, 4.69) is 21.7 Å². The molecule has 3 heterocycles. The number of esters is 1. The number of methoxy groups -OCH3 is 1. The fraction of sp³-hybridized carbons (Fsp3) is 0.643. The molecule has 7 nitrogen and oxygen atoms in total. The van der Waals surface area contributed by atoms with Crippen LogP contribution in [0.4, 0.5) is 0 Å². The average Bonchev–Trinajstić information content (AvgIpc) is 3.21. The number of aromatic amines is 1. The topological polar surface area (TPSA) is 82.7 Å². The normalized spacial score (nSPS) is 26.8. The number of nitrogens with one attached hydrogen (secondary N) is 1. The first-order chi connectivity index (χ1) is 10.4. The lowest BCUT2D eigenvalue weighted by Crippen LogP contribution is -2.44. The molecule has 0 amide bonds. The van der Waals surface area contributed by atoms with Crippen molar-refractivity contribution in [3.8, 4) is 0 Å². The summed E-state index contributed by atoms with van der Waals surface area (Å²) in [6, 6.07) is 1.34. The molecule has 122 valence electrons. The first-order valence-corrected chi connectivity index (χ1v) is 8.81. The van der Waals surface area contributed by atoms with Crippen LogP contribution in [0.25, 0.3) is 0 Å². The second-order valence-corrected chi connectivity index (χ2v) is 8.02.